The molecular formula is C17H28N2O. The topological polar surface area (TPSA) is 46.3 Å². The predicted octanol–water partition coefficient (Wildman–Crippen LogP) is 3.16. The van der Waals surface area contributed by atoms with Crippen molar-refractivity contribution in [2.24, 2.45) is 5.73 Å². The number of carbonyl (C=O) groups is 1. The van der Waals surface area contributed by atoms with Gasteiger partial charge in [0.05, 0.1) is 5.92 Å². The number of amides is 1. The fourth-order valence-electron chi connectivity index (χ4n) is 2.32. The summed E-state index contributed by atoms with van der Waals surface area (Å²) in [6, 6.07) is 9.88. The summed E-state index contributed by atoms with van der Waals surface area (Å²) < 4.78 is 0. The third kappa shape index (κ3) is 4.97. The highest BCUT2D eigenvalue weighted by atomic mass is 16.2. The minimum absolute atomic E-state index is 0.181. The maximum atomic E-state index is 12.7. The molecule has 112 valence electrons. The van der Waals surface area contributed by atoms with Crippen molar-refractivity contribution in [2.45, 2.75) is 45.4 Å². The van der Waals surface area contributed by atoms with E-state index in [0.717, 1.165) is 44.3 Å². The minimum atomic E-state index is -0.204. The van der Waals surface area contributed by atoms with Crippen molar-refractivity contribution >= 4 is 5.91 Å². The van der Waals surface area contributed by atoms with Crippen molar-refractivity contribution in [1.29, 1.82) is 0 Å². The fraction of sp³-hybridized carbons (Fsp3) is 0.588. The van der Waals surface area contributed by atoms with Gasteiger partial charge in [0.15, 0.2) is 0 Å². The van der Waals surface area contributed by atoms with Crippen molar-refractivity contribution in [1.82, 2.24) is 4.90 Å². The van der Waals surface area contributed by atoms with Gasteiger partial charge in [0.2, 0.25) is 5.91 Å². The van der Waals surface area contributed by atoms with Gasteiger partial charge in [-0.05, 0) is 18.4 Å². The summed E-state index contributed by atoms with van der Waals surface area (Å²) in [4.78, 5) is 14.7. The van der Waals surface area contributed by atoms with Gasteiger partial charge in [-0.3, -0.25) is 4.79 Å². The second-order valence-corrected chi connectivity index (χ2v) is 5.23. The second-order valence-electron chi connectivity index (χ2n) is 5.23. The number of hydrogen-bond acceptors (Lipinski definition) is 2. The van der Waals surface area contributed by atoms with E-state index >= 15 is 0 Å². The Hall–Kier alpha value is -1.35. The first kappa shape index (κ1) is 16.7. The van der Waals surface area contributed by atoms with Crippen LogP contribution in [0.5, 0.6) is 0 Å². The van der Waals surface area contributed by atoms with Crippen LogP contribution in [0.25, 0.3) is 0 Å². The van der Waals surface area contributed by atoms with Gasteiger partial charge < -0.3 is 10.6 Å². The monoisotopic (exact) mass is 276 g/mol. The zero-order chi connectivity index (χ0) is 14.8. The van der Waals surface area contributed by atoms with Crippen LogP contribution in [-0.2, 0) is 4.79 Å². The fourth-order valence-corrected chi connectivity index (χ4v) is 2.32. The number of benzene rings is 1. The molecule has 0 spiro atoms. The molecule has 20 heavy (non-hydrogen) atoms. The molecule has 0 fully saturated rings. The van der Waals surface area contributed by atoms with Crippen LogP contribution in [-0.4, -0.2) is 30.4 Å². The normalized spacial score (nSPS) is 12.2. The van der Waals surface area contributed by atoms with Crippen molar-refractivity contribution in [3.63, 3.8) is 0 Å². The smallest absolute Gasteiger partial charge is 0.231 e. The van der Waals surface area contributed by atoms with E-state index in [4.69, 9.17) is 5.73 Å². The SMILES string of the molecule is CCCCN(CCCC)C(=O)C(CN)c1ccccc1. The summed E-state index contributed by atoms with van der Waals surface area (Å²) in [6.07, 6.45) is 4.33. The van der Waals surface area contributed by atoms with E-state index < -0.39 is 0 Å². The van der Waals surface area contributed by atoms with E-state index in [0.29, 0.717) is 6.54 Å². The van der Waals surface area contributed by atoms with E-state index in [1.165, 1.54) is 0 Å². The maximum absolute atomic E-state index is 12.7. The molecule has 1 rings (SSSR count). The van der Waals surface area contributed by atoms with Crippen LogP contribution in [0.2, 0.25) is 0 Å². The van der Waals surface area contributed by atoms with E-state index in [1.54, 1.807) is 0 Å². The van der Waals surface area contributed by atoms with Crippen molar-refractivity contribution in [3.05, 3.63) is 35.9 Å². The lowest BCUT2D eigenvalue weighted by molar-refractivity contribution is -0.132. The number of nitrogens with two attached hydrogens (primary N) is 1. The van der Waals surface area contributed by atoms with Crippen LogP contribution >= 0.6 is 0 Å². The lowest BCUT2D eigenvalue weighted by atomic mass is 9.97. The summed E-state index contributed by atoms with van der Waals surface area (Å²) in [5.74, 6) is -0.0227. The largest absolute Gasteiger partial charge is 0.342 e. The third-order valence-electron chi connectivity index (χ3n) is 3.61. The molecule has 3 heteroatoms. The molecule has 0 aliphatic rings. The quantitative estimate of drug-likeness (QED) is 0.753. The summed E-state index contributed by atoms with van der Waals surface area (Å²) in [5, 5.41) is 0. The van der Waals surface area contributed by atoms with Gasteiger partial charge >= 0.3 is 0 Å². The Morgan fingerprint density at radius 2 is 1.65 bits per heavy atom. The predicted molar refractivity (Wildman–Crippen MR) is 84.6 cm³/mol. The molecule has 0 aliphatic heterocycles. The van der Waals surface area contributed by atoms with Crippen molar-refractivity contribution in [3.8, 4) is 0 Å². The maximum Gasteiger partial charge on any atom is 0.231 e. The van der Waals surface area contributed by atoms with Gasteiger partial charge in [-0.1, -0.05) is 57.0 Å². The van der Waals surface area contributed by atoms with E-state index in [9.17, 15) is 4.79 Å². The molecule has 2 N–H and O–H groups in total. The van der Waals surface area contributed by atoms with E-state index in [-0.39, 0.29) is 11.8 Å². The molecule has 1 unspecified atom stereocenters. The molecule has 1 aromatic carbocycles. The van der Waals surface area contributed by atoms with Crippen LogP contribution in [0.3, 0.4) is 0 Å². The Morgan fingerprint density at radius 1 is 1.10 bits per heavy atom. The van der Waals surface area contributed by atoms with Crippen molar-refractivity contribution < 1.29 is 4.79 Å². The highest BCUT2D eigenvalue weighted by molar-refractivity contribution is 5.84. The van der Waals surface area contributed by atoms with Gasteiger partial charge in [0.25, 0.3) is 0 Å². The molecule has 0 saturated heterocycles. The molecule has 3 nitrogen and oxygen atoms in total. The number of rotatable bonds is 9. The van der Waals surface area contributed by atoms with Gasteiger partial charge in [-0.25, -0.2) is 0 Å². The molecule has 0 heterocycles. The second kappa shape index (κ2) is 9.54. The summed E-state index contributed by atoms with van der Waals surface area (Å²) >= 11 is 0. The highest BCUT2D eigenvalue weighted by Gasteiger charge is 2.23. The highest BCUT2D eigenvalue weighted by Crippen LogP contribution is 2.18. The van der Waals surface area contributed by atoms with Gasteiger partial charge in [0, 0.05) is 19.6 Å². The first-order chi connectivity index (χ1) is 9.74. The summed E-state index contributed by atoms with van der Waals surface area (Å²) in [5.41, 5.74) is 6.88. The Bertz CT molecular complexity index is 370. The Balaban J connectivity index is 2.78. The van der Waals surface area contributed by atoms with Gasteiger partial charge in [-0.15, -0.1) is 0 Å². The standard InChI is InChI=1S/C17H28N2O/c1-3-5-12-19(13-6-4-2)17(20)16(14-18)15-10-8-7-9-11-15/h7-11,16H,3-6,12-14,18H2,1-2H3. The molecule has 0 bridgehead atoms. The molecule has 1 aromatic rings. The third-order valence-corrected chi connectivity index (χ3v) is 3.61. The number of hydrogen-bond donors (Lipinski definition) is 1. The zero-order valence-corrected chi connectivity index (χ0v) is 12.8. The lowest BCUT2D eigenvalue weighted by Crippen LogP contribution is -2.39. The molecule has 0 radical (unpaired) electrons. The number of carbonyl (C=O) groups excluding carboxylic acids is 1. The molecule has 1 atom stereocenters. The molecule has 0 aromatic heterocycles. The van der Waals surface area contributed by atoms with Gasteiger partial charge in [0.1, 0.15) is 0 Å². The minimum Gasteiger partial charge on any atom is -0.342 e. The molecular weight excluding hydrogens is 248 g/mol. The summed E-state index contributed by atoms with van der Waals surface area (Å²) in [6.45, 7) is 6.37. The van der Waals surface area contributed by atoms with Crippen molar-refractivity contribution in [2.75, 3.05) is 19.6 Å². The Kier molecular flexibility index (Phi) is 7.97. The van der Waals surface area contributed by atoms with Crippen LogP contribution in [0.4, 0.5) is 0 Å². The van der Waals surface area contributed by atoms with Gasteiger partial charge in [-0.2, -0.15) is 0 Å². The summed E-state index contributed by atoms with van der Waals surface area (Å²) in [7, 11) is 0. The zero-order valence-electron chi connectivity index (χ0n) is 12.8. The first-order valence-electron chi connectivity index (χ1n) is 7.78. The average molecular weight is 276 g/mol. The molecule has 0 aliphatic carbocycles. The molecule has 0 saturated carbocycles. The number of nitrogens with zero attached hydrogens (tertiary/aromatic N) is 1. The van der Waals surface area contributed by atoms with E-state index in [1.807, 2.05) is 35.2 Å². The first-order valence-corrected chi connectivity index (χ1v) is 7.78. The Morgan fingerprint density at radius 3 is 2.10 bits per heavy atom. The van der Waals surface area contributed by atoms with E-state index in [2.05, 4.69) is 13.8 Å². The lowest BCUT2D eigenvalue weighted by Gasteiger charge is -2.27. The number of unbranched alkanes of at least 4 members (excludes halogenated alkanes) is 2. The van der Waals surface area contributed by atoms with Crippen LogP contribution in [0, 0.1) is 0 Å². The van der Waals surface area contributed by atoms with Crippen LogP contribution < -0.4 is 5.73 Å². The molecule has 1 amide bonds. The van der Waals surface area contributed by atoms with Crippen LogP contribution in [0.1, 0.15) is 51.0 Å². The Labute approximate surface area is 123 Å². The van der Waals surface area contributed by atoms with Crippen LogP contribution in [0.15, 0.2) is 30.3 Å². The average Bonchev–Trinajstić information content (AvgIpc) is 2.49.